The first-order chi connectivity index (χ1) is 9.71. The molecule has 2 aromatic rings. The molecule has 0 aromatic heterocycles. The van der Waals surface area contributed by atoms with Crippen molar-refractivity contribution >= 4 is 23.5 Å². The second kappa shape index (κ2) is 4.20. The fraction of sp³-hybridized carbons (Fsp3) is 0.278. The first kappa shape index (κ1) is 12.2. The molecule has 0 saturated heterocycles. The number of hydrogen-bond acceptors (Lipinski definition) is 1. The molecule has 0 N–H and O–H groups in total. The molecule has 2 heteroatoms. The van der Waals surface area contributed by atoms with Gasteiger partial charge in [0.2, 0.25) is 0 Å². The van der Waals surface area contributed by atoms with Crippen LogP contribution in [0.5, 0.6) is 0 Å². The number of fused-ring (bicyclic) bond motifs is 4. The van der Waals surface area contributed by atoms with E-state index < -0.39 is 0 Å². The molecule has 1 atom stereocenters. The lowest BCUT2D eigenvalue weighted by Gasteiger charge is -2.36. The van der Waals surface area contributed by atoms with E-state index in [1.165, 1.54) is 28.7 Å². The number of nitrogens with zero attached hydrogens (tertiary/aromatic N) is 1. The Labute approximate surface area is 124 Å². The molecule has 1 unspecified atom stereocenters. The number of aryl methyl sites for hydroxylation is 2. The zero-order valence-electron chi connectivity index (χ0n) is 11.5. The van der Waals surface area contributed by atoms with Gasteiger partial charge in [-0.2, -0.15) is 0 Å². The van der Waals surface area contributed by atoms with Crippen LogP contribution in [0.2, 0.25) is 5.02 Å². The minimum atomic E-state index is -0.0289. The van der Waals surface area contributed by atoms with E-state index in [0.717, 1.165) is 23.6 Å². The fourth-order valence-electron chi connectivity index (χ4n) is 3.94. The summed E-state index contributed by atoms with van der Waals surface area (Å²) in [5.74, 6) is 0. The molecule has 1 spiro atoms. The average molecular weight is 282 g/mol. The smallest absolute Gasteiger partial charge is 0.0671 e. The molecular formula is C18H16ClN. The van der Waals surface area contributed by atoms with Gasteiger partial charge in [-0.1, -0.05) is 29.8 Å². The van der Waals surface area contributed by atoms with Crippen LogP contribution in [-0.2, 0) is 11.8 Å². The third-order valence-electron chi connectivity index (χ3n) is 4.65. The molecule has 20 heavy (non-hydrogen) atoms. The molecule has 0 radical (unpaired) electrons. The second-order valence-corrected chi connectivity index (χ2v) is 6.29. The van der Waals surface area contributed by atoms with Gasteiger partial charge in [-0.25, -0.2) is 0 Å². The van der Waals surface area contributed by atoms with Crippen LogP contribution in [-0.4, -0.2) is 6.21 Å². The lowest BCUT2D eigenvalue weighted by atomic mass is 9.66. The zero-order chi connectivity index (χ0) is 13.7. The molecule has 0 fully saturated rings. The third kappa shape index (κ3) is 1.53. The van der Waals surface area contributed by atoms with E-state index in [0.29, 0.717) is 0 Å². The molecule has 0 bridgehead atoms. The Hall–Kier alpha value is -1.60. The van der Waals surface area contributed by atoms with Crippen molar-refractivity contribution in [3.8, 4) is 0 Å². The normalized spacial score (nSPS) is 22.9. The van der Waals surface area contributed by atoms with Crippen molar-refractivity contribution in [2.24, 2.45) is 4.99 Å². The highest BCUT2D eigenvalue weighted by atomic mass is 35.5. The van der Waals surface area contributed by atoms with Crippen molar-refractivity contribution in [2.75, 3.05) is 0 Å². The van der Waals surface area contributed by atoms with Gasteiger partial charge in [0.05, 0.1) is 11.1 Å². The van der Waals surface area contributed by atoms with Crippen LogP contribution in [0.15, 0.2) is 41.4 Å². The molecule has 2 aromatic carbocycles. The number of para-hydroxylation sites is 1. The van der Waals surface area contributed by atoms with Gasteiger partial charge in [0.1, 0.15) is 0 Å². The maximum Gasteiger partial charge on any atom is 0.0671 e. The van der Waals surface area contributed by atoms with E-state index in [2.05, 4.69) is 54.5 Å². The summed E-state index contributed by atoms with van der Waals surface area (Å²) in [6.45, 7) is 2.17. The van der Waals surface area contributed by atoms with E-state index in [4.69, 9.17) is 11.6 Å². The van der Waals surface area contributed by atoms with E-state index in [1.807, 2.05) is 0 Å². The van der Waals surface area contributed by atoms with E-state index in [9.17, 15) is 0 Å². The molecule has 100 valence electrons. The van der Waals surface area contributed by atoms with Gasteiger partial charge in [0.15, 0.2) is 0 Å². The lowest BCUT2D eigenvalue weighted by Crippen LogP contribution is -2.33. The SMILES string of the molecule is Cc1cc(Cl)cc2c1C1(C=Nc3ccccc31)CCC2. The van der Waals surface area contributed by atoms with Crippen LogP contribution in [0.1, 0.15) is 35.1 Å². The standard InChI is InChI=1S/C18H16ClN/c1-12-9-14(19)10-13-5-4-8-18(17(12)13)11-20-16-7-3-2-6-15(16)18/h2-3,6-7,9-11H,4-5,8H2,1H3. The summed E-state index contributed by atoms with van der Waals surface area (Å²) in [4.78, 5) is 4.68. The molecule has 1 aliphatic heterocycles. The molecule has 0 amide bonds. The van der Waals surface area contributed by atoms with Gasteiger partial charge in [-0.15, -0.1) is 0 Å². The van der Waals surface area contributed by atoms with Gasteiger partial charge in [-0.05, 0) is 66.6 Å². The Morgan fingerprint density at radius 1 is 1.20 bits per heavy atom. The van der Waals surface area contributed by atoms with E-state index in [1.54, 1.807) is 0 Å². The summed E-state index contributed by atoms with van der Waals surface area (Å²) < 4.78 is 0. The maximum atomic E-state index is 6.24. The maximum absolute atomic E-state index is 6.24. The summed E-state index contributed by atoms with van der Waals surface area (Å²) >= 11 is 6.24. The first-order valence-corrected chi connectivity index (χ1v) is 7.53. The van der Waals surface area contributed by atoms with E-state index >= 15 is 0 Å². The average Bonchev–Trinajstić information content (AvgIpc) is 2.78. The number of aliphatic imine (C=N–C) groups is 1. The summed E-state index contributed by atoms with van der Waals surface area (Å²) in [6.07, 6.45) is 5.61. The van der Waals surface area contributed by atoms with Crippen LogP contribution in [0.3, 0.4) is 0 Å². The first-order valence-electron chi connectivity index (χ1n) is 7.15. The van der Waals surface area contributed by atoms with Crippen molar-refractivity contribution < 1.29 is 0 Å². The highest BCUT2D eigenvalue weighted by molar-refractivity contribution is 6.30. The molecule has 4 rings (SSSR count). The summed E-state index contributed by atoms with van der Waals surface area (Å²) in [5, 5.41) is 0.849. The van der Waals surface area contributed by atoms with Gasteiger partial charge in [-0.3, -0.25) is 4.99 Å². The topological polar surface area (TPSA) is 12.4 Å². The van der Waals surface area contributed by atoms with Crippen LogP contribution in [0.25, 0.3) is 0 Å². The largest absolute Gasteiger partial charge is 0.260 e. The van der Waals surface area contributed by atoms with Crippen LogP contribution >= 0.6 is 11.6 Å². The van der Waals surface area contributed by atoms with E-state index in [-0.39, 0.29) is 5.41 Å². The monoisotopic (exact) mass is 281 g/mol. The predicted molar refractivity (Wildman–Crippen MR) is 84.5 cm³/mol. The minimum Gasteiger partial charge on any atom is -0.260 e. The Balaban J connectivity index is 2.03. The lowest BCUT2D eigenvalue weighted by molar-refractivity contribution is 0.553. The zero-order valence-corrected chi connectivity index (χ0v) is 12.2. The van der Waals surface area contributed by atoms with Crippen LogP contribution in [0.4, 0.5) is 5.69 Å². The number of benzene rings is 2. The molecule has 0 saturated carbocycles. The summed E-state index contributed by atoms with van der Waals surface area (Å²) in [7, 11) is 0. The van der Waals surface area contributed by atoms with Crippen molar-refractivity contribution in [3.05, 3.63) is 63.7 Å². The number of hydrogen-bond donors (Lipinski definition) is 0. The van der Waals surface area contributed by atoms with Crippen LogP contribution in [0, 0.1) is 6.92 Å². The van der Waals surface area contributed by atoms with Crippen molar-refractivity contribution in [1.29, 1.82) is 0 Å². The van der Waals surface area contributed by atoms with Crippen molar-refractivity contribution in [3.63, 3.8) is 0 Å². The Kier molecular flexibility index (Phi) is 2.55. The van der Waals surface area contributed by atoms with Gasteiger partial charge >= 0.3 is 0 Å². The minimum absolute atomic E-state index is 0.0289. The molecule has 1 heterocycles. The highest BCUT2D eigenvalue weighted by Gasteiger charge is 2.42. The predicted octanol–water partition coefficient (Wildman–Crippen LogP) is 4.99. The summed E-state index contributed by atoms with van der Waals surface area (Å²) in [6, 6.07) is 12.7. The van der Waals surface area contributed by atoms with Gasteiger partial charge in [0, 0.05) is 11.2 Å². The number of halogens is 1. The fourth-order valence-corrected chi connectivity index (χ4v) is 4.24. The summed E-state index contributed by atoms with van der Waals surface area (Å²) in [5.41, 5.74) is 6.56. The second-order valence-electron chi connectivity index (χ2n) is 5.86. The Bertz CT molecular complexity index is 732. The molecule has 1 aliphatic carbocycles. The molecule has 1 nitrogen and oxygen atoms in total. The van der Waals surface area contributed by atoms with Crippen LogP contribution < -0.4 is 0 Å². The van der Waals surface area contributed by atoms with Crippen molar-refractivity contribution in [2.45, 2.75) is 31.6 Å². The quantitative estimate of drug-likeness (QED) is 0.645. The van der Waals surface area contributed by atoms with Crippen molar-refractivity contribution in [1.82, 2.24) is 0 Å². The Morgan fingerprint density at radius 2 is 2.05 bits per heavy atom. The Morgan fingerprint density at radius 3 is 2.95 bits per heavy atom. The van der Waals surface area contributed by atoms with Gasteiger partial charge in [0.25, 0.3) is 0 Å². The third-order valence-corrected chi connectivity index (χ3v) is 4.87. The number of rotatable bonds is 0. The highest BCUT2D eigenvalue weighted by Crippen LogP contribution is 2.49. The molecular weight excluding hydrogens is 266 g/mol. The molecule has 2 aliphatic rings. The van der Waals surface area contributed by atoms with Gasteiger partial charge < -0.3 is 0 Å².